The van der Waals surface area contributed by atoms with Crippen molar-refractivity contribution in [2.45, 2.75) is 49.9 Å². The van der Waals surface area contributed by atoms with Crippen LogP contribution in [-0.4, -0.2) is 41.2 Å². The van der Waals surface area contributed by atoms with Crippen LogP contribution < -0.4 is 5.32 Å². The number of hydrogen-bond acceptors (Lipinski definition) is 3. The average molecular weight is 241 g/mol. The molecule has 0 aromatic rings. The second-order valence-corrected chi connectivity index (χ2v) is 4.33. The SMILES string of the molecule is OCCCNC1CCC(O)(C(F)(F)F)CC1. The van der Waals surface area contributed by atoms with Crippen LogP contribution in [0.4, 0.5) is 13.2 Å². The molecule has 0 saturated heterocycles. The van der Waals surface area contributed by atoms with Crippen LogP contribution in [0.3, 0.4) is 0 Å². The average Bonchev–Trinajstić information content (AvgIpc) is 2.20. The minimum Gasteiger partial charge on any atom is -0.396 e. The molecule has 0 bridgehead atoms. The van der Waals surface area contributed by atoms with Crippen molar-refractivity contribution in [3.05, 3.63) is 0 Å². The highest BCUT2D eigenvalue weighted by Gasteiger charge is 2.54. The number of alkyl halides is 3. The zero-order valence-electron chi connectivity index (χ0n) is 9.06. The van der Waals surface area contributed by atoms with Gasteiger partial charge >= 0.3 is 6.18 Å². The highest BCUT2D eigenvalue weighted by atomic mass is 19.4. The Kier molecular flexibility index (Phi) is 4.58. The van der Waals surface area contributed by atoms with E-state index in [2.05, 4.69) is 5.32 Å². The molecule has 0 heterocycles. The van der Waals surface area contributed by atoms with Gasteiger partial charge in [0.05, 0.1) is 0 Å². The highest BCUT2D eigenvalue weighted by Crippen LogP contribution is 2.41. The molecule has 1 aliphatic carbocycles. The number of nitrogens with one attached hydrogen (secondary N) is 1. The molecule has 0 aliphatic heterocycles. The van der Waals surface area contributed by atoms with Crippen LogP contribution in [0.2, 0.25) is 0 Å². The van der Waals surface area contributed by atoms with E-state index in [-0.39, 0.29) is 25.5 Å². The Bertz CT molecular complexity index is 213. The van der Waals surface area contributed by atoms with Gasteiger partial charge in [-0.2, -0.15) is 13.2 Å². The second-order valence-electron chi connectivity index (χ2n) is 4.33. The molecule has 0 aromatic heterocycles. The third-order valence-electron chi connectivity index (χ3n) is 3.11. The van der Waals surface area contributed by atoms with Gasteiger partial charge in [0.25, 0.3) is 0 Å². The van der Waals surface area contributed by atoms with Crippen molar-refractivity contribution in [1.29, 1.82) is 0 Å². The Morgan fingerprint density at radius 1 is 1.25 bits per heavy atom. The summed E-state index contributed by atoms with van der Waals surface area (Å²) < 4.78 is 37.4. The predicted octanol–water partition coefficient (Wildman–Crippen LogP) is 1.19. The monoisotopic (exact) mass is 241 g/mol. The fraction of sp³-hybridized carbons (Fsp3) is 1.00. The molecule has 0 atom stereocenters. The summed E-state index contributed by atoms with van der Waals surface area (Å²) in [4.78, 5) is 0. The maximum absolute atomic E-state index is 12.5. The van der Waals surface area contributed by atoms with Crippen molar-refractivity contribution in [1.82, 2.24) is 5.32 Å². The van der Waals surface area contributed by atoms with Crippen LogP contribution in [0, 0.1) is 0 Å². The molecule has 0 aromatic carbocycles. The number of aliphatic hydroxyl groups is 2. The van der Waals surface area contributed by atoms with Gasteiger partial charge in [-0.3, -0.25) is 0 Å². The summed E-state index contributed by atoms with van der Waals surface area (Å²) >= 11 is 0. The third-order valence-corrected chi connectivity index (χ3v) is 3.11. The van der Waals surface area contributed by atoms with E-state index in [4.69, 9.17) is 5.11 Å². The van der Waals surface area contributed by atoms with Crippen molar-refractivity contribution in [3.63, 3.8) is 0 Å². The molecule has 3 N–H and O–H groups in total. The summed E-state index contributed by atoms with van der Waals surface area (Å²) in [6.07, 6.45) is -3.77. The Hall–Kier alpha value is -0.330. The lowest BCUT2D eigenvalue weighted by atomic mass is 9.81. The van der Waals surface area contributed by atoms with E-state index in [1.807, 2.05) is 0 Å². The lowest BCUT2D eigenvalue weighted by molar-refractivity contribution is -0.270. The van der Waals surface area contributed by atoms with Gasteiger partial charge in [-0.25, -0.2) is 0 Å². The van der Waals surface area contributed by atoms with Crippen molar-refractivity contribution in [3.8, 4) is 0 Å². The number of halogens is 3. The van der Waals surface area contributed by atoms with Crippen molar-refractivity contribution < 1.29 is 23.4 Å². The normalized spacial score (nSPS) is 31.7. The summed E-state index contributed by atoms with van der Waals surface area (Å²) in [6.45, 7) is 0.678. The lowest BCUT2D eigenvalue weighted by Crippen LogP contribution is -2.50. The first kappa shape index (κ1) is 13.7. The standard InChI is InChI=1S/C10H18F3NO2/c11-10(12,13)9(16)4-2-8(3-5-9)14-6-1-7-15/h8,14-16H,1-7H2. The van der Waals surface area contributed by atoms with E-state index in [1.165, 1.54) is 0 Å². The van der Waals surface area contributed by atoms with Crippen LogP contribution in [-0.2, 0) is 0 Å². The smallest absolute Gasteiger partial charge is 0.396 e. The van der Waals surface area contributed by atoms with Crippen LogP contribution >= 0.6 is 0 Å². The van der Waals surface area contributed by atoms with Gasteiger partial charge in [-0.1, -0.05) is 0 Å². The first-order valence-electron chi connectivity index (χ1n) is 5.52. The largest absolute Gasteiger partial charge is 0.417 e. The third kappa shape index (κ3) is 3.33. The zero-order chi connectivity index (χ0) is 12.2. The summed E-state index contributed by atoms with van der Waals surface area (Å²) in [5.41, 5.74) is -2.50. The van der Waals surface area contributed by atoms with Crippen LogP contribution in [0.25, 0.3) is 0 Å². The molecular weight excluding hydrogens is 223 g/mol. The molecule has 6 heteroatoms. The molecule has 1 saturated carbocycles. The molecule has 1 fully saturated rings. The van der Waals surface area contributed by atoms with Gasteiger partial charge in [0, 0.05) is 12.6 Å². The minimum absolute atomic E-state index is 0.0224. The lowest BCUT2D eigenvalue weighted by Gasteiger charge is -2.37. The van der Waals surface area contributed by atoms with Gasteiger partial charge in [-0.05, 0) is 38.6 Å². The molecule has 16 heavy (non-hydrogen) atoms. The fourth-order valence-corrected chi connectivity index (χ4v) is 1.97. The van der Waals surface area contributed by atoms with Crippen LogP contribution in [0.5, 0.6) is 0 Å². The summed E-state index contributed by atoms with van der Waals surface area (Å²) in [6, 6.07) is 0.0224. The van der Waals surface area contributed by atoms with Crippen LogP contribution in [0.1, 0.15) is 32.1 Å². The molecule has 0 amide bonds. The minimum atomic E-state index is -4.52. The van der Waals surface area contributed by atoms with Gasteiger partial charge in [-0.15, -0.1) is 0 Å². The second kappa shape index (κ2) is 5.33. The summed E-state index contributed by atoms with van der Waals surface area (Å²) in [7, 11) is 0. The number of hydrogen-bond donors (Lipinski definition) is 3. The summed E-state index contributed by atoms with van der Waals surface area (Å²) in [5, 5.41) is 21.0. The maximum atomic E-state index is 12.5. The molecule has 1 rings (SSSR count). The fourth-order valence-electron chi connectivity index (χ4n) is 1.97. The Morgan fingerprint density at radius 3 is 2.25 bits per heavy atom. The van der Waals surface area contributed by atoms with Gasteiger partial charge in [0.1, 0.15) is 0 Å². The van der Waals surface area contributed by atoms with Crippen molar-refractivity contribution in [2.24, 2.45) is 0 Å². The Morgan fingerprint density at radius 2 is 1.81 bits per heavy atom. The van der Waals surface area contributed by atoms with E-state index in [0.29, 0.717) is 25.8 Å². The van der Waals surface area contributed by atoms with Gasteiger partial charge in [0.15, 0.2) is 5.60 Å². The van der Waals surface area contributed by atoms with Gasteiger partial charge in [0.2, 0.25) is 0 Å². The topological polar surface area (TPSA) is 52.5 Å². The predicted molar refractivity (Wildman–Crippen MR) is 53.0 cm³/mol. The number of aliphatic hydroxyl groups excluding tert-OH is 1. The molecule has 0 spiro atoms. The molecule has 0 radical (unpaired) electrons. The first-order chi connectivity index (χ1) is 7.39. The maximum Gasteiger partial charge on any atom is 0.417 e. The first-order valence-corrected chi connectivity index (χ1v) is 5.52. The molecule has 0 unspecified atom stereocenters. The molecule has 96 valence electrons. The summed E-state index contributed by atoms with van der Waals surface area (Å²) in [5.74, 6) is 0. The van der Waals surface area contributed by atoms with Gasteiger partial charge < -0.3 is 15.5 Å². The van der Waals surface area contributed by atoms with Crippen molar-refractivity contribution in [2.75, 3.05) is 13.2 Å². The van der Waals surface area contributed by atoms with E-state index >= 15 is 0 Å². The number of rotatable bonds is 4. The molecule has 1 aliphatic rings. The van der Waals surface area contributed by atoms with E-state index in [9.17, 15) is 18.3 Å². The highest BCUT2D eigenvalue weighted by molar-refractivity contribution is 4.93. The quantitative estimate of drug-likeness (QED) is 0.648. The zero-order valence-corrected chi connectivity index (χ0v) is 9.06. The Labute approximate surface area is 92.7 Å². The van der Waals surface area contributed by atoms with Crippen molar-refractivity contribution >= 4 is 0 Å². The molecule has 3 nitrogen and oxygen atoms in total. The van der Waals surface area contributed by atoms with E-state index in [1.54, 1.807) is 0 Å². The van der Waals surface area contributed by atoms with E-state index < -0.39 is 11.8 Å². The Balaban J connectivity index is 2.33. The van der Waals surface area contributed by atoms with E-state index in [0.717, 1.165) is 0 Å². The van der Waals surface area contributed by atoms with Crippen LogP contribution in [0.15, 0.2) is 0 Å². The molecular formula is C10H18F3NO2.